The third-order valence-corrected chi connectivity index (χ3v) is 3.71. The van der Waals surface area contributed by atoms with Crippen LogP contribution >= 0.6 is 0 Å². The molecule has 108 valence electrons. The highest BCUT2D eigenvalue weighted by molar-refractivity contribution is 5.43. The molecule has 0 aliphatic heterocycles. The summed E-state index contributed by atoms with van der Waals surface area (Å²) in [5.74, 6) is 2.22. The van der Waals surface area contributed by atoms with Gasteiger partial charge in [-0.25, -0.2) is 0 Å². The van der Waals surface area contributed by atoms with E-state index in [0.717, 1.165) is 18.0 Å². The molecule has 0 heterocycles. The van der Waals surface area contributed by atoms with Crippen LogP contribution in [0.5, 0.6) is 11.5 Å². The first kappa shape index (κ1) is 15.8. The highest BCUT2D eigenvalue weighted by Gasteiger charge is 2.20. The molecule has 0 radical (unpaired) electrons. The second-order valence-electron chi connectivity index (χ2n) is 4.73. The number of methoxy groups -OCH3 is 2. The molecule has 0 saturated carbocycles. The molecule has 1 aromatic rings. The van der Waals surface area contributed by atoms with Gasteiger partial charge >= 0.3 is 0 Å². The summed E-state index contributed by atoms with van der Waals surface area (Å²) in [6.45, 7) is 7.62. The lowest BCUT2D eigenvalue weighted by Crippen LogP contribution is -2.27. The summed E-state index contributed by atoms with van der Waals surface area (Å²) < 4.78 is 10.7. The van der Waals surface area contributed by atoms with Crippen LogP contribution in [0.3, 0.4) is 0 Å². The average Bonchev–Trinajstić information content (AvgIpc) is 2.46. The highest BCUT2D eigenvalue weighted by Crippen LogP contribution is 2.34. The smallest absolute Gasteiger partial charge is 0.161 e. The maximum Gasteiger partial charge on any atom is 0.161 e. The van der Waals surface area contributed by atoms with Crippen molar-refractivity contribution in [2.24, 2.45) is 5.92 Å². The summed E-state index contributed by atoms with van der Waals surface area (Å²) in [4.78, 5) is 0. The monoisotopic (exact) mass is 265 g/mol. The summed E-state index contributed by atoms with van der Waals surface area (Å²) in [7, 11) is 3.35. The minimum Gasteiger partial charge on any atom is -0.493 e. The van der Waals surface area contributed by atoms with E-state index in [1.807, 2.05) is 6.07 Å². The molecule has 0 amide bonds. The summed E-state index contributed by atoms with van der Waals surface area (Å²) in [5, 5.41) is 3.59. The van der Waals surface area contributed by atoms with Gasteiger partial charge in [-0.3, -0.25) is 0 Å². The molecule has 0 bridgehead atoms. The Morgan fingerprint density at radius 1 is 1.00 bits per heavy atom. The van der Waals surface area contributed by atoms with Crippen molar-refractivity contribution in [1.29, 1.82) is 0 Å². The number of rotatable bonds is 8. The van der Waals surface area contributed by atoms with Crippen LogP contribution in [0.15, 0.2) is 18.2 Å². The Balaban J connectivity index is 3.08. The maximum absolute atomic E-state index is 5.40. The van der Waals surface area contributed by atoms with Gasteiger partial charge in [0.05, 0.1) is 14.2 Å². The number of ether oxygens (including phenoxy) is 2. The third-order valence-electron chi connectivity index (χ3n) is 3.71. The van der Waals surface area contributed by atoms with E-state index in [0.29, 0.717) is 12.0 Å². The fourth-order valence-electron chi connectivity index (χ4n) is 2.58. The van der Waals surface area contributed by atoms with Gasteiger partial charge in [-0.05, 0) is 30.2 Å². The fraction of sp³-hybridized carbons (Fsp3) is 0.625. The molecule has 3 nitrogen and oxygen atoms in total. The van der Waals surface area contributed by atoms with E-state index in [2.05, 4.69) is 38.2 Å². The van der Waals surface area contributed by atoms with E-state index < -0.39 is 0 Å². The van der Waals surface area contributed by atoms with E-state index >= 15 is 0 Å². The van der Waals surface area contributed by atoms with Crippen molar-refractivity contribution in [3.8, 4) is 11.5 Å². The first-order valence-corrected chi connectivity index (χ1v) is 7.16. The zero-order chi connectivity index (χ0) is 14.3. The standard InChI is InChI=1S/C16H27NO2/c1-6-12(7-2)16(17-8-3)13-9-10-14(18-4)15(11-13)19-5/h9-12,16-17H,6-8H2,1-5H3. The van der Waals surface area contributed by atoms with E-state index in [-0.39, 0.29) is 0 Å². The molecular formula is C16H27NO2. The molecule has 1 rings (SSSR count). The minimum absolute atomic E-state index is 0.375. The SMILES string of the molecule is CCNC(c1ccc(OC)c(OC)c1)C(CC)CC. The number of hydrogen-bond donors (Lipinski definition) is 1. The largest absolute Gasteiger partial charge is 0.493 e. The Morgan fingerprint density at radius 2 is 1.63 bits per heavy atom. The van der Waals surface area contributed by atoms with Crippen molar-refractivity contribution < 1.29 is 9.47 Å². The zero-order valence-corrected chi connectivity index (χ0v) is 12.8. The highest BCUT2D eigenvalue weighted by atomic mass is 16.5. The van der Waals surface area contributed by atoms with Crippen LogP contribution in [0, 0.1) is 5.92 Å². The first-order valence-electron chi connectivity index (χ1n) is 7.16. The summed E-state index contributed by atoms with van der Waals surface area (Å²) in [5.41, 5.74) is 1.27. The van der Waals surface area contributed by atoms with Gasteiger partial charge in [-0.15, -0.1) is 0 Å². The van der Waals surface area contributed by atoms with Crippen LogP contribution in [0.4, 0.5) is 0 Å². The second-order valence-corrected chi connectivity index (χ2v) is 4.73. The first-order chi connectivity index (χ1) is 9.21. The topological polar surface area (TPSA) is 30.5 Å². The van der Waals surface area contributed by atoms with E-state index in [1.54, 1.807) is 14.2 Å². The van der Waals surface area contributed by atoms with Gasteiger partial charge in [-0.2, -0.15) is 0 Å². The van der Waals surface area contributed by atoms with Gasteiger partial charge < -0.3 is 14.8 Å². The summed E-state index contributed by atoms with van der Waals surface area (Å²) in [6.07, 6.45) is 2.34. The summed E-state index contributed by atoms with van der Waals surface area (Å²) >= 11 is 0. The molecule has 3 heteroatoms. The normalized spacial score (nSPS) is 12.5. The van der Waals surface area contributed by atoms with Gasteiger partial charge in [0, 0.05) is 6.04 Å². The summed E-state index contributed by atoms with van der Waals surface area (Å²) in [6, 6.07) is 6.58. The Kier molecular flexibility index (Phi) is 6.71. The van der Waals surface area contributed by atoms with E-state index in [4.69, 9.17) is 9.47 Å². The lowest BCUT2D eigenvalue weighted by molar-refractivity contribution is 0.337. The van der Waals surface area contributed by atoms with Gasteiger partial charge in [0.15, 0.2) is 11.5 Å². The second kappa shape index (κ2) is 8.05. The molecule has 1 unspecified atom stereocenters. The molecule has 1 atom stereocenters. The number of nitrogens with one attached hydrogen (secondary N) is 1. The van der Waals surface area contributed by atoms with Crippen LogP contribution in [-0.4, -0.2) is 20.8 Å². The predicted molar refractivity (Wildman–Crippen MR) is 80.0 cm³/mol. The molecule has 19 heavy (non-hydrogen) atoms. The molecule has 1 N–H and O–H groups in total. The molecule has 0 fully saturated rings. The van der Waals surface area contributed by atoms with Gasteiger partial charge in [-0.1, -0.05) is 39.7 Å². The van der Waals surface area contributed by atoms with Gasteiger partial charge in [0.25, 0.3) is 0 Å². The van der Waals surface area contributed by atoms with Crippen molar-refractivity contribution in [1.82, 2.24) is 5.32 Å². The van der Waals surface area contributed by atoms with Crippen LogP contribution in [0.25, 0.3) is 0 Å². The lowest BCUT2D eigenvalue weighted by Gasteiger charge is -2.27. The Labute approximate surface area is 117 Å². The van der Waals surface area contributed by atoms with E-state index in [9.17, 15) is 0 Å². The van der Waals surface area contributed by atoms with Crippen molar-refractivity contribution in [2.45, 2.75) is 39.7 Å². The van der Waals surface area contributed by atoms with Crippen LogP contribution in [0.1, 0.15) is 45.2 Å². The maximum atomic E-state index is 5.40. The van der Waals surface area contributed by atoms with Crippen LogP contribution in [-0.2, 0) is 0 Å². The number of hydrogen-bond acceptors (Lipinski definition) is 3. The quantitative estimate of drug-likeness (QED) is 0.775. The number of benzene rings is 1. The lowest BCUT2D eigenvalue weighted by atomic mass is 9.88. The van der Waals surface area contributed by atoms with Crippen LogP contribution < -0.4 is 14.8 Å². The van der Waals surface area contributed by atoms with Gasteiger partial charge in [0.1, 0.15) is 0 Å². The fourth-order valence-corrected chi connectivity index (χ4v) is 2.58. The zero-order valence-electron chi connectivity index (χ0n) is 12.8. The van der Waals surface area contributed by atoms with Crippen LogP contribution in [0.2, 0.25) is 0 Å². The Morgan fingerprint density at radius 3 is 2.11 bits per heavy atom. The minimum atomic E-state index is 0.375. The molecule has 0 aliphatic rings. The van der Waals surface area contributed by atoms with Crippen molar-refractivity contribution >= 4 is 0 Å². The van der Waals surface area contributed by atoms with Crippen molar-refractivity contribution in [2.75, 3.05) is 20.8 Å². The molecular weight excluding hydrogens is 238 g/mol. The predicted octanol–water partition coefficient (Wildman–Crippen LogP) is 3.79. The van der Waals surface area contributed by atoms with Gasteiger partial charge in [0.2, 0.25) is 0 Å². The van der Waals surface area contributed by atoms with E-state index in [1.165, 1.54) is 18.4 Å². The molecule has 0 saturated heterocycles. The van der Waals surface area contributed by atoms with Crippen molar-refractivity contribution in [3.63, 3.8) is 0 Å². The Bertz CT molecular complexity index is 375. The molecule has 1 aromatic carbocycles. The molecule has 0 aromatic heterocycles. The molecule has 0 spiro atoms. The van der Waals surface area contributed by atoms with Crippen molar-refractivity contribution in [3.05, 3.63) is 23.8 Å². The average molecular weight is 265 g/mol. The Hall–Kier alpha value is -1.22. The molecule has 0 aliphatic carbocycles. The third kappa shape index (κ3) is 3.87.